The molecule has 1 aliphatic carbocycles. The van der Waals surface area contributed by atoms with Crippen molar-refractivity contribution in [2.75, 3.05) is 0 Å². The number of aliphatic hydroxyl groups excluding tert-OH is 1. The lowest BCUT2D eigenvalue weighted by Gasteiger charge is -2.23. The van der Waals surface area contributed by atoms with E-state index in [-0.39, 0.29) is 6.10 Å². The molecule has 1 atom stereocenters. The Morgan fingerprint density at radius 3 is 2.61 bits per heavy atom. The van der Waals surface area contributed by atoms with Crippen LogP contribution in [-0.2, 0) is 0 Å². The summed E-state index contributed by atoms with van der Waals surface area (Å²) in [6, 6.07) is 5.99. The van der Waals surface area contributed by atoms with Gasteiger partial charge in [-0.15, -0.1) is 0 Å². The highest BCUT2D eigenvalue weighted by molar-refractivity contribution is 9.11. The Morgan fingerprint density at radius 1 is 1.17 bits per heavy atom. The highest BCUT2D eigenvalue weighted by Gasteiger charge is 2.17. The van der Waals surface area contributed by atoms with E-state index >= 15 is 0 Å². The zero-order valence-corrected chi connectivity index (χ0v) is 13.7. The molecule has 1 nitrogen and oxygen atoms in total. The van der Waals surface area contributed by atoms with Crippen LogP contribution in [0.3, 0.4) is 0 Å². The van der Waals surface area contributed by atoms with Crippen LogP contribution < -0.4 is 0 Å². The van der Waals surface area contributed by atoms with Crippen LogP contribution in [0.2, 0.25) is 0 Å². The third-order valence-electron chi connectivity index (χ3n) is 3.89. The quantitative estimate of drug-likeness (QED) is 0.725. The molecule has 0 aromatic heterocycles. The minimum atomic E-state index is -0.348. The summed E-state index contributed by atoms with van der Waals surface area (Å²) in [5, 5.41) is 10.3. The molecular weight excluding hydrogens is 356 g/mol. The maximum atomic E-state index is 10.3. The summed E-state index contributed by atoms with van der Waals surface area (Å²) in [4.78, 5) is 0. The van der Waals surface area contributed by atoms with Crippen molar-refractivity contribution in [2.24, 2.45) is 5.92 Å². The zero-order chi connectivity index (χ0) is 13.0. The van der Waals surface area contributed by atoms with Crippen LogP contribution >= 0.6 is 31.9 Å². The smallest absolute Gasteiger partial charge is 0.0801 e. The average molecular weight is 376 g/mol. The Hall–Kier alpha value is 0.140. The van der Waals surface area contributed by atoms with E-state index in [9.17, 15) is 5.11 Å². The molecule has 1 unspecified atom stereocenters. The normalized spacial score (nSPS) is 18.8. The second kappa shape index (κ2) is 7.06. The SMILES string of the molecule is OC(CCC1CCCCC1)c1cc(Br)ccc1Br. The minimum absolute atomic E-state index is 0.348. The molecule has 0 radical (unpaired) electrons. The topological polar surface area (TPSA) is 20.2 Å². The summed E-state index contributed by atoms with van der Waals surface area (Å²) >= 11 is 6.98. The Morgan fingerprint density at radius 2 is 1.89 bits per heavy atom. The Labute approximate surface area is 126 Å². The molecule has 0 spiro atoms. The number of hydrogen-bond donors (Lipinski definition) is 1. The van der Waals surface area contributed by atoms with Crippen LogP contribution in [0.5, 0.6) is 0 Å². The molecule has 0 heterocycles. The molecule has 100 valence electrons. The summed E-state index contributed by atoms with van der Waals surface area (Å²) in [7, 11) is 0. The van der Waals surface area contributed by atoms with Gasteiger partial charge in [-0.1, -0.05) is 64.0 Å². The largest absolute Gasteiger partial charge is 0.388 e. The lowest BCUT2D eigenvalue weighted by Crippen LogP contribution is -2.08. The fraction of sp³-hybridized carbons (Fsp3) is 0.600. The number of rotatable bonds is 4. The van der Waals surface area contributed by atoms with Crippen molar-refractivity contribution >= 4 is 31.9 Å². The molecule has 1 aliphatic rings. The van der Waals surface area contributed by atoms with Gasteiger partial charge in [-0.3, -0.25) is 0 Å². The number of hydrogen-bond acceptors (Lipinski definition) is 1. The van der Waals surface area contributed by atoms with Crippen molar-refractivity contribution in [3.63, 3.8) is 0 Å². The van der Waals surface area contributed by atoms with E-state index in [1.165, 1.54) is 32.1 Å². The highest BCUT2D eigenvalue weighted by Crippen LogP contribution is 2.33. The van der Waals surface area contributed by atoms with Crippen LogP contribution in [0.25, 0.3) is 0 Å². The molecular formula is C15H20Br2O. The molecule has 1 aromatic rings. The number of halogens is 2. The number of benzene rings is 1. The lowest BCUT2D eigenvalue weighted by atomic mass is 9.85. The van der Waals surface area contributed by atoms with Crippen LogP contribution in [0.15, 0.2) is 27.1 Å². The first kappa shape index (κ1) is 14.5. The van der Waals surface area contributed by atoms with E-state index in [1.807, 2.05) is 18.2 Å². The molecule has 0 saturated heterocycles. The van der Waals surface area contributed by atoms with Crippen LogP contribution in [0.1, 0.15) is 56.6 Å². The van der Waals surface area contributed by atoms with Crippen molar-refractivity contribution < 1.29 is 5.11 Å². The Balaban J connectivity index is 1.90. The van der Waals surface area contributed by atoms with Gasteiger partial charge < -0.3 is 5.11 Å². The van der Waals surface area contributed by atoms with Gasteiger partial charge in [-0.25, -0.2) is 0 Å². The van der Waals surface area contributed by atoms with Gasteiger partial charge in [0.1, 0.15) is 0 Å². The fourth-order valence-electron chi connectivity index (χ4n) is 2.79. The summed E-state index contributed by atoms with van der Waals surface area (Å²) < 4.78 is 2.03. The maximum absolute atomic E-state index is 10.3. The van der Waals surface area contributed by atoms with Crippen molar-refractivity contribution in [2.45, 2.75) is 51.0 Å². The molecule has 1 aromatic carbocycles. The lowest BCUT2D eigenvalue weighted by molar-refractivity contribution is 0.150. The molecule has 0 aliphatic heterocycles. The number of aliphatic hydroxyl groups is 1. The van der Waals surface area contributed by atoms with E-state index in [4.69, 9.17) is 0 Å². The second-order valence-electron chi connectivity index (χ2n) is 5.26. The van der Waals surface area contributed by atoms with Crippen molar-refractivity contribution in [1.82, 2.24) is 0 Å². The van der Waals surface area contributed by atoms with Crippen molar-refractivity contribution in [1.29, 1.82) is 0 Å². The van der Waals surface area contributed by atoms with Gasteiger partial charge >= 0.3 is 0 Å². The zero-order valence-electron chi connectivity index (χ0n) is 10.5. The third-order valence-corrected chi connectivity index (χ3v) is 5.11. The summed E-state index contributed by atoms with van der Waals surface area (Å²) in [5.74, 6) is 0.833. The summed E-state index contributed by atoms with van der Waals surface area (Å²) in [5.41, 5.74) is 1.00. The highest BCUT2D eigenvalue weighted by atomic mass is 79.9. The monoisotopic (exact) mass is 374 g/mol. The minimum Gasteiger partial charge on any atom is -0.388 e. The third kappa shape index (κ3) is 4.07. The van der Waals surface area contributed by atoms with Crippen LogP contribution in [0.4, 0.5) is 0 Å². The van der Waals surface area contributed by atoms with Crippen LogP contribution in [-0.4, -0.2) is 5.11 Å². The predicted molar refractivity (Wildman–Crippen MR) is 82.6 cm³/mol. The molecule has 18 heavy (non-hydrogen) atoms. The summed E-state index contributed by atoms with van der Waals surface area (Å²) in [6.07, 6.45) is 8.54. The van der Waals surface area contributed by atoms with E-state index in [0.717, 1.165) is 33.3 Å². The molecule has 1 N–H and O–H groups in total. The predicted octanol–water partition coefficient (Wildman–Crippen LogP) is 5.61. The molecule has 1 fully saturated rings. The molecule has 2 rings (SSSR count). The first-order valence-corrected chi connectivity index (χ1v) is 8.38. The van der Waals surface area contributed by atoms with E-state index < -0.39 is 0 Å². The first-order valence-electron chi connectivity index (χ1n) is 6.80. The van der Waals surface area contributed by atoms with Gasteiger partial charge in [-0.05, 0) is 42.5 Å². The molecule has 0 bridgehead atoms. The molecule has 1 saturated carbocycles. The summed E-state index contributed by atoms with van der Waals surface area (Å²) in [6.45, 7) is 0. The average Bonchev–Trinajstić information content (AvgIpc) is 2.40. The van der Waals surface area contributed by atoms with Gasteiger partial charge in [0.25, 0.3) is 0 Å². The van der Waals surface area contributed by atoms with Gasteiger partial charge in [-0.2, -0.15) is 0 Å². The standard InChI is InChI=1S/C15H20Br2O/c16-12-7-8-14(17)13(10-12)15(18)9-6-11-4-2-1-3-5-11/h7-8,10-11,15,18H,1-6,9H2. The van der Waals surface area contributed by atoms with Gasteiger partial charge in [0.15, 0.2) is 0 Å². The van der Waals surface area contributed by atoms with E-state index in [0.29, 0.717) is 0 Å². The fourth-order valence-corrected chi connectivity index (χ4v) is 3.68. The van der Waals surface area contributed by atoms with Gasteiger partial charge in [0.05, 0.1) is 6.10 Å². The maximum Gasteiger partial charge on any atom is 0.0801 e. The van der Waals surface area contributed by atoms with Gasteiger partial charge in [0.2, 0.25) is 0 Å². The first-order chi connectivity index (χ1) is 8.66. The van der Waals surface area contributed by atoms with Crippen molar-refractivity contribution in [3.05, 3.63) is 32.7 Å². The van der Waals surface area contributed by atoms with E-state index in [2.05, 4.69) is 31.9 Å². The van der Waals surface area contributed by atoms with Crippen molar-refractivity contribution in [3.8, 4) is 0 Å². The van der Waals surface area contributed by atoms with Crippen LogP contribution in [0, 0.1) is 5.92 Å². The second-order valence-corrected chi connectivity index (χ2v) is 7.03. The van der Waals surface area contributed by atoms with E-state index in [1.54, 1.807) is 0 Å². The Bertz CT molecular complexity index is 386. The molecule has 0 amide bonds. The molecule has 3 heteroatoms. The van der Waals surface area contributed by atoms with Gasteiger partial charge in [0, 0.05) is 8.95 Å². The Kier molecular flexibility index (Phi) is 5.71.